The Labute approximate surface area is 407 Å². The van der Waals surface area contributed by atoms with Crippen molar-refractivity contribution in [2.45, 2.75) is 19.3 Å². The highest BCUT2D eigenvalue weighted by Crippen LogP contribution is 2.41. The Morgan fingerprint density at radius 1 is 0.304 bits per heavy atom. The molecule has 0 fully saturated rings. The molecule has 0 saturated heterocycles. The van der Waals surface area contributed by atoms with E-state index < -0.39 is 0 Å². The molecule has 0 aliphatic carbocycles. The lowest BCUT2D eigenvalue weighted by molar-refractivity contribution is 0.687. The molecule has 0 N–H and O–H groups in total. The van der Waals surface area contributed by atoms with Gasteiger partial charge in [0.05, 0.1) is 0 Å². The van der Waals surface area contributed by atoms with Crippen LogP contribution >= 0.6 is 0 Å². The minimum Gasteiger partial charge on any atom is -0.345 e. The van der Waals surface area contributed by atoms with Crippen LogP contribution in [0.4, 0.5) is 11.4 Å². The van der Waals surface area contributed by atoms with Crippen molar-refractivity contribution < 1.29 is 0 Å². The first kappa shape index (κ1) is 44.3. The van der Waals surface area contributed by atoms with E-state index >= 15 is 0 Å². The highest BCUT2D eigenvalue weighted by molar-refractivity contribution is 6.13. The number of nitrogens with zero attached hydrogens (tertiary/aromatic N) is 1. The van der Waals surface area contributed by atoms with Crippen LogP contribution in [0.25, 0.3) is 65.3 Å². The van der Waals surface area contributed by atoms with Gasteiger partial charge < -0.3 is 4.90 Å². The quantitative estimate of drug-likeness (QED) is 0.114. The second-order valence-electron chi connectivity index (χ2n) is 17.9. The highest BCUT2D eigenvalue weighted by atomic mass is 15.1. The van der Waals surface area contributed by atoms with Crippen molar-refractivity contribution in [3.8, 4) is 22.3 Å². The van der Waals surface area contributed by atoms with Crippen molar-refractivity contribution in [2.75, 3.05) is 11.9 Å². The van der Waals surface area contributed by atoms with Gasteiger partial charge in [-0.25, -0.2) is 0 Å². The van der Waals surface area contributed by atoms with E-state index in [2.05, 4.69) is 268 Å². The summed E-state index contributed by atoms with van der Waals surface area (Å²) >= 11 is 0. The molecule has 0 aliphatic rings. The van der Waals surface area contributed by atoms with E-state index in [4.69, 9.17) is 0 Å². The molecule has 0 aliphatic heterocycles. The van der Waals surface area contributed by atoms with Crippen LogP contribution in [-0.2, 0) is 5.41 Å². The number of benzene rings is 12. The second-order valence-corrected chi connectivity index (χ2v) is 17.9. The third kappa shape index (κ3) is 9.29. The molecule has 1 heteroatoms. The number of anilines is 2. The maximum absolute atomic E-state index is 2.34. The minimum atomic E-state index is -0.252. The summed E-state index contributed by atoms with van der Waals surface area (Å²) in [6, 6.07) is 99.6. The van der Waals surface area contributed by atoms with Gasteiger partial charge >= 0.3 is 0 Å². The van der Waals surface area contributed by atoms with Gasteiger partial charge in [0.2, 0.25) is 0 Å². The van der Waals surface area contributed by atoms with Gasteiger partial charge in [-0.15, -0.1) is 0 Å². The topological polar surface area (TPSA) is 3.24 Å². The lowest BCUT2D eigenvalue weighted by Crippen LogP contribution is -2.26. The van der Waals surface area contributed by atoms with Crippen LogP contribution in [0.15, 0.2) is 279 Å². The highest BCUT2D eigenvalue weighted by Gasteiger charge is 2.32. The van der Waals surface area contributed by atoms with Crippen LogP contribution in [0.5, 0.6) is 0 Å². The smallest absolute Gasteiger partial charge is 0.0425 e. The average molecular weight is 886 g/mol. The first-order valence-electron chi connectivity index (χ1n) is 23.9. The Morgan fingerprint density at radius 2 is 0.739 bits per heavy atom. The van der Waals surface area contributed by atoms with Crippen molar-refractivity contribution >= 4 is 54.5 Å². The standard InChI is InChI=1S/C42H35N.C20H14.C6H6/c1-30-11-7-10-16-41(30)42(2,35-13-5-4-6-14-35)36-22-26-38(27-23-36)43(3)37-24-19-31(20-25-37)33-21-28-40-34(29-33)18-17-32-12-8-9-15-39(32)40;1-2-8-15(9-3-1)20-14-16-10-4-5-11-17(16)18-12-6-7-13-19(18)20;1-2-4-6-5-3-1/h4-29H,1-3H3;1-14H;1-6H. The van der Waals surface area contributed by atoms with Crippen LogP contribution in [0.3, 0.4) is 0 Å². The fourth-order valence-corrected chi connectivity index (χ4v) is 9.92. The summed E-state index contributed by atoms with van der Waals surface area (Å²) in [7, 11) is 2.14. The molecule has 0 amide bonds. The van der Waals surface area contributed by atoms with Crippen LogP contribution in [-0.4, -0.2) is 7.05 Å². The van der Waals surface area contributed by atoms with Gasteiger partial charge in [-0.2, -0.15) is 0 Å². The van der Waals surface area contributed by atoms with E-state index in [1.54, 1.807) is 0 Å². The Hall–Kier alpha value is -8.52. The van der Waals surface area contributed by atoms with Gasteiger partial charge in [-0.05, 0) is 138 Å². The second kappa shape index (κ2) is 20.1. The Balaban J connectivity index is 0.000000174. The van der Waals surface area contributed by atoms with Crippen molar-refractivity contribution in [1.82, 2.24) is 0 Å². The molecule has 69 heavy (non-hydrogen) atoms. The third-order valence-electron chi connectivity index (χ3n) is 13.7. The SMILES string of the molecule is Cc1ccccc1C(C)(c1ccccc1)c1ccc(N(C)c2ccc(-c3ccc4c(ccc5ccccc54)c3)cc2)cc1.c1ccc(-c2cc3ccccc3c3ccccc23)cc1.c1ccccc1. The fourth-order valence-electron chi connectivity index (χ4n) is 9.92. The summed E-state index contributed by atoms with van der Waals surface area (Å²) in [6.07, 6.45) is 0. The van der Waals surface area contributed by atoms with Crippen molar-refractivity contribution in [3.05, 3.63) is 301 Å². The Bertz CT molecular complexity index is 3590. The zero-order chi connectivity index (χ0) is 47.0. The van der Waals surface area contributed by atoms with Gasteiger partial charge in [-0.1, -0.05) is 243 Å². The molecule has 0 bridgehead atoms. The summed E-state index contributed by atoms with van der Waals surface area (Å²) in [4.78, 5) is 2.26. The predicted octanol–water partition coefficient (Wildman–Crippen LogP) is 18.4. The molecular weight excluding hydrogens is 831 g/mol. The number of fused-ring (bicyclic) bond motifs is 6. The van der Waals surface area contributed by atoms with Crippen molar-refractivity contribution in [1.29, 1.82) is 0 Å². The molecule has 0 aromatic heterocycles. The molecule has 332 valence electrons. The molecule has 1 nitrogen and oxygen atoms in total. The summed E-state index contributed by atoms with van der Waals surface area (Å²) in [5.74, 6) is 0. The molecule has 1 atom stereocenters. The van der Waals surface area contributed by atoms with Crippen LogP contribution in [0.1, 0.15) is 29.2 Å². The molecule has 0 saturated carbocycles. The number of rotatable bonds is 7. The van der Waals surface area contributed by atoms with Crippen LogP contribution in [0.2, 0.25) is 0 Å². The Kier molecular flexibility index (Phi) is 12.9. The largest absolute Gasteiger partial charge is 0.345 e. The molecule has 12 aromatic carbocycles. The predicted molar refractivity (Wildman–Crippen MR) is 298 cm³/mol. The monoisotopic (exact) mass is 885 g/mol. The number of aryl methyl sites for hydroxylation is 1. The Morgan fingerprint density at radius 3 is 1.39 bits per heavy atom. The molecule has 12 aromatic rings. The van der Waals surface area contributed by atoms with E-state index in [1.165, 1.54) is 87.6 Å². The maximum atomic E-state index is 2.34. The van der Waals surface area contributed by atoms with E-state index in [0.29, 0.717) is 0 Å². The van der Waals surface area contributed by atoms with Crippen molar-refractivity contribution in [3.63, 3.8) is 0 Å². The lowest BCUT2D eigenvalue weighted by Gasteiger charge is -2.33. The molecular formula is C68H55N. The van der Waals surface area contributed by atoms with Crippen LogP contribution < -0.4 is 4.90 Å². The van der Waals surface area contributed by atoms with E-state index in [-0.39, 0.29) is 5.41 Å². The first-order chi connectivity index (χ1) is 34.0. The van der Waals surface area contributed by atoms with Crippen molar-refractivity contribution in [2.24, 2.45) is 0 Å². The molecule has 0 spiro atoms. The minimum absolute atomic E-state index is 0.252. The summed E-state index contributed by atoms with van der Waals surface area (Å²) in [5, 5.41) is 10.4. The molecule has 1 unspecified atom stereocenters. The summed E-state index contributed by atoms with van der Waals surface area (Å²) < 4.78 is 0. The number of hydrogen-bond acceptors (Lipinski definition) is 1. The van der Waals surface area contributed by atoms with E-state index in [9.17, 15) is 0 Å². The normalized spacial score (nSPS) is 11.8. The molecule has 0 radical (unpaired) electrons. The lowest BCUT2D eigenvalue weighted by atomic mass is 9.70. The van der Waals surface area contributed by atoms with Gasteiger partial charge in [0.15, 0.2) is 0 Å². The zero-order valence-electron chi connectivity index (χ0n) is 39.5. The summed E-state index contributed by atoms with van der Waals surface area (Å²) in [5.41, 5.74) is 12.3. The van der Waals surface area contributed by atoms with Gasteiger partial charge in [-0.3, -0.25) is 0 Å². The van der Waals surface area contributed by atoms with Gasteiger partial charge in [0, 0.05) is 23.8 Å². The van der Waals surface area contributed by atoms with E-state index in [0.717, 1.165) is 11.4 Å². The third-order valence-corrected chi connectivity index (χ3v) is 13.7. The zero-order valence-corrected chi connectivity index (χ0v) is 39.5. The fraction of sp³-hybridized carbons (Fsp3) is 0.0588. The summed E-state index contributed by atoms with van der Waals surface area (Å²) in [6.45, 7) is 4.56. The molecule has 12 rings (SSSR count). The van der Waals surface area contributed by atoms with Gasteiger partial charge in [0.1, 0.15) is 0 Å². The van der Waals surface area contributed by atoms with Gasteiger partial charge in [0.25, 0.3) is 0 Å². The molecule has 0 heterocycles. The average Bonchev–Trinajstić information content (AvgIpc) is 3.43. The first-order valence-corrected chi connectivity index (χ1v) is 23.9. The maximum Gasteiger partial charge on any atom is 0.0425 e. The van der Waals surface area contributed by atoms with Crippen LogP contribution in [0, 0.1) is 6.92 Å². The van der Waals surface area contributed by atoms with E-state index in [1.807, 2.05) is 36.4 Å². The number of hydrogen-bond donors (Lipinski definition) is 0.